The number of amides is 1. The van der Waals surface area contributed by atoms with Gasteiger partial charge in [0.15, 0.2) is 0 Å². The quantitative estimate of drug-likeness (QED) is 0.442. The molecule has 4 rings (SSSR count). The number of aromatic nitrogens is 2. The number of hydrogen-bond donors (Lipinski definition) is 1. The highest BCUT2D eigenvalue weighted by atomic mass is 79.9. The largest absolute Gasteiger partial charge is 0.370 e. The maximum absolute atomic E-state index is 12.3. The van der Waals surface area contributed by atoms with Crippen molar-refractivity contribution in [3.05, 3.63) is 21.9 Å². The average Bonchev–Trinajstić information content (AvgIpc) is 3.19. The summed E-state index contributed by atoms with van der Waals surface area (Å²) in [6.45, 7) is 10.7. The van der Waals surface area contributed by atoms with Crippen molar-refractivity contribution in [3.63, 3.8) is 0 Å². The van der Waals surface area contributed by atoms with Gasteiger partial charge in [0.1, 0.15) is 12.4 Å². The van der Waals surface area contributed by atoms with Gasteiger partial charge in [-0.3, -0.25) is 4.79 Å². The van der Waals surface area contributed by atoms with Gasteiger partial charge in [-0.2, -0.15) is 0 Å². The first-order chi connectivity index (χ1) is 14.2. The Hall–Kier alpha value is -1.09. The van der Waals surface area contributed by atoms with Crippen LogP contribution in [0, 0.1) is 5.41 Å². The number of anilines is 1. The van der Waals surface area contributed by atoms with Gasteiger partial charge in [0.05, 0.1) is 26.0 Å². The number of fused-ring (bicyclic) bond motifs is 1. The lowest BCUT2D eigenvalue weighted by Gasteiger charge is -2.39. The summed E-state index contributed by atoms with van der Waals surface area (Å²) in [5.74, 6) is 0.223. The third-order valence-electron chi connectivity index (χ3n) is 6.40. The molecule has 0 aromatic carbocycles. The third kappa shape index (κ3) is 4.29. The van der Waals surface area contributed by atoms with Crippen LogP contribution < -0.4 is 10.2 Å². The van der Waals surface area contributed by atoms with Crippen molar-refractivity contribution in [2.24, 2.45) is 5.41 Å². The Balaban J connectivity index is 1.55. The van der Waals surface area contributed by atoms with Crippen molar-refractivity contribution < 1.29 is 9.53 Å². The van der Waals surface area contributed by atoms with Gasteiger partial charge in [-0.15, -0.1) is 0 Å². The van der Waals surface area contributed by atoms with E-state index in [0.717, 1.165) is 72.7 Å². The van der Waals surface area contributed by atoms with E-state index in [1.54, 1.807) is 0 Å². The smallest absolute Gasteiger partial charge is 0.226 e. The monoisotopic (exact) mass is 512 g/mol. The minimum atomic E-state index is -1.12. The van der Waals surface area contributed by atoms with E-state index in [1.165, 1.54) is 0 Å². The van der Waals surface area contributed by atoms with E-state index in [4.69, 9.17) is 16.3 Å². The van der Waals surface area contributed by atoms with Crippen molar-refractivity contribution in [1.29, 1.82) is 0 Å². The predicted molar refractivity (Wildman–Crippen MR) is 128 cm³/mol. The molecule has 0 atom stereocenters. The Bertz CT molecular complexity index is 951. The van der Waals surface area contributed by atoms with Crippen LogP contribution in [-0.2, 0) is 16.3 Å². The lowest BCUT2D eigenvalue weighted by Crippen LogP contribution is -2.44. The van der Waals surface area contributed by atoms with Gasteiger partial charge < -0.3 is 19.5 Å². The predicted octanol–water partition coefficient (Wildman–Crippen LogP) is 4.87. The summed E-state index contributed by atoms with van der Waals surface area (Å²) in [7, 11) is -1.12. The van der Waals surface area contributed by atoms with Gasteiger partial charge in [-0.1, -0.05) is 31.2 Å². The van der Waals surface area contributed by atoms with Crippen LogP contribution in [0.3, 0.4) is 0 Å². The van der Waals surface area contributed by atoms with Crippen LogP contribution in [0.5, 0.6) is 0 Å². The first-order valence-electron chi connectivity index (χ1n) is 10.6. The third-order valence-corrected chi connectivity index (χ3v) is 8.97. The zero-order valence-electron chi connectivity index (χ0n) is 17.9. The van der Waals surface area contributed by atoms with Gasteiger partial charge in [0, 0.05) is 46.7 Å². The van der Waals surface area contributed by atoms with Crippen LogP contribution in [-0.4, -0.2) is 49.8 Å². The van der Waals surface area contributed by atoms with E-state index in [1.807, 2.05) is 17.0 Å². The Morgan fingerprint density at radius 1 is 1.30 bits per heavy atom. The fraction of sp³-hybridized carbons (Fsp3) is 0.619. The molecule has 30 heavy (non-hydrogen) atoms. The molecule has 4 heterocycles. The minimum absolute atomic E-state index is 0.185. The first kappa shape index (κ1) is 22.1. The number of hydrogen-bond acceptors (Lipinski definition) is 4. The van der Waals surface area contributed by atoms with Crippen LogP contribution in [0.15, 0.2) is 16.9 Å². The summed E-state index contributed by atoms with van der Waals surface area (Å²) >= 11 is 10.4. The van der Waals surface area contributed by atoms with Crippen molar-refractivity contribution in [2.45, 2.75) is 51.7 Å². The van der Waals surface area contributed by atoms with Crippen LogP contribution in [0.2, 0.25) is 30.7 Å². The van der Waals surface area contributed by atoms with E-state index in [9.17, 15) is 4.79 Å². The van der Waals surface area contributed by atoms with Gasteiger partial charge in [-0.25, -0.2) is 4.98 Å². The van der Waals surface area contributed by atoms with Crippen LogP contribution in [0.4, 0.5) is 5.69 Å². The fourth-order valence-corrected chi connectivity index (χ4v) is 6.07. The summed E-state index contributed by atoms with van der Waals surface area (Å²) < 4.78 is 8.86. The summed E-state index contributed by atoms with van der Waals surface area (Å²) in [5, 5.41) is 4.64. The maximum Gasteiger partial charge on any atom is 0.226 e. The van der Waals surface area contributed by atoms with E-state index < -0.39 is 8.07 Å². The zero-order valence-corrected chi connectivity index (χ0v) is 21.3. The summed E-state index contributed by atoms with van der Waals surface area (Å²) in [5.41, 5.74) is 1.72. The van der Waals surface area contributed by atoms with Crippen molar-refractivity contribution in [1.82, 2.24) is 14.9 Å². The number of pyridine rings is 1. The normalized spacial score (nSPS) is 19.1. The van der Waals surface area contributed by atoms with Gasteiger partial charge in [0.25, 0.3) is 0 Å². The first-order valence-corrected chi connectivity index (χ1v) is 15.5. The lowest BCUT2D eigenvalue weighted by molar-refractivity contribution is -0.128. The molecule has 1 N–H and O–H groups in total. The molecule has 0 saturated carbocycles. The number of carbonyl (C=O) groups is 1. The molecule has 2 aliphatic rings. The molecule has 2 fully saturated rings. The molecule has 6 nitrogen and oxygen atoms in total. The average molecular weight is 514 g/mol. The van der Waals surface area contributed by atoms with Gasteiger partial charge in [-0.05, 0) is 41.2 Å². The van der Waals surface area contributed by atoms with Crippen molar-refractivity contribution in [3.8, 4) is 0 Å². The standard InChI is InChI=1S/C21H30BrClN4O2Si/c1-30(2,3)11-10-29-14-27-13-16(23)17-18(15(22)12-25-19(17)27)26-8-5-21(6-9-26)4-7-24-20(21)28/h12-13H,4-11,14H2,1-3H3,(H,24,28). The molecule has 0 unspecified atom stereocenters. The topological polar surface area (TPSA) is 59.4 Å². The molecule has 1 spiro atoms. The second kappa shape index (κ2) is 8.45. The Labute approximate surface area is 192 Å². The SMILES string of the molecule is C[Si](C)(C)CCOCn1cc(Cl)c2c(N3CCC4(CCNC4=O)CC3)c(Br)cnc21. The van der Waals surface area contributed by atoms with Crippen LogP contribution >= 0.6 is 27.5 Å². The summed E-state index contributed by atoms with van der Waals surface area (Å²) in [4.78, 5) is 19.3. The maximum atomic E-state index is 12.3. The number of ether oxygens (including phenoxy) is 1. The Morgan fingerprint density at radius 2 is 2.03 bits per heavy atom. The Kier molecular flexibility index (Phi) is 6.23. The molecule has 0 aliphatic carbocycles. The van der Waals surface area contributed by atoms with Gasteiger partial charge in [0.2, 0.25) is 5.91 Å². The number of halogens is 2. The van der Waals surface area contributed by atoms with Gasteiger partial charge >= 0.3 is 0 Å². The number of nitrogens with one attached hydrogen (secondary N) is 1. The molecule has 2 aromatic rings. The second-order valence-corrected chi connectivity index (χ2v) is 16.6. The summed E-state index contributed by atoms with van der Waals surface area (Å²) in [6.07, 6.45) is 6.44. The number of carbonyl (C=O) groups excluding carboxylic acids is 1. The molecule has 1 amide bonds. The Morgan fingerprint density at radius 3 is 2.67 bits per heavy atom. The molecule has 164 valence electrons. The molecule has 2 saturated heterocycles. The number of piperidine rings is 1. The molecule has 2 aliphatic heterocycles. The number of rotatable bonds is 6. The van der Waals surface area contributed by atoms with E-state index in [2.05, 4.69) is 50.8 Å². The molecule has 0 bridgehead atoms. The van der Waals surface area contributed by atoms with Crippen molar-refractivity contribution >= 4 is 58.2 Å². The zero-order chi connectivity index (χ0) is 21.5. The molecular formula is C21H30BrClN4O2Si. The molecule has 9 heteroatoms. The highest BCUT2D eigenvalue weighted by Crippen LogP contribution is 2.44. The van der Waals surface area contributed by atoms with E-state index in [0.29, 0.717) is 11.8 Å². The van der Waals surface area contributed by atoms with Crippen LogP contribution in [0.1, 0.15) is 19.3 Å². The lowest BCUT2D eigenvalue weighted by atomic mass is 9.77. The highest BCUT2D eigenvalue weighted by molar-refractivity contribution is 9.10. The van der Waals surface area contributed by atoms with E-state index in [-0.39, 0.29) is 11.3 Å². The van der Waals surface area contributed by atoms with E-state index >= 15 is 0 Å². The highest BCUT2D eigenvalue weighted by Gasteiger charge is 2.44. The fourth-order valence-electron chi connectivity index (χ4n) is 4.47. The second-order valence-electron chi connectivity index (χ2n) is 9.72. The summed E-state index contributed by atoms with van der Waals surface area (Å²) in [6, 6.07) is 1.13. The minimum Gasteiger partial charge on any atom is -0.370 e. The van der Waals surface area contributed by atoms with Crippen molar-refractivity contribution in [2.75, 3.05) is 31.1 Å². The molecule has 2 aromatic heterocycles. The number of nitrogens with zero attached hydrogens (tertiary/aromatic N) is 3. The molecule has 0 radical (unpaired) electrons. The van der Waals surface area contributed by atoms with Crippen LogP contribution in [0.25, 0.3) is 11.0 Å². The molecular weight excluding hydrogens is 484 g/mol.